The van der Waals surface area contributed by atoms with Crippen LogP contribution in [0.2, 0.25) is 0 Å². The lowest BCUT2D eigenvalue weighted by Crippen LogP contribution is -2.45. The van der Waals surface area contributed by atoms with Crippen LogP contribution >= 0.6 is 0 Å². The average Bonchev–Trinajstić information content (AvgIpc) is 3.11. The second kappa shape index (κ2) is 8.80. The molecule has 140 valence electrons. The molecule has 3 rings (SSSR count). The molecule has 1 fully saturated rings. The van der Waals surface area contributed by atoms with Crippen molar-refractivity contribution in [3.63, 3.8) is 0 Å². The second-order valence-corrected chi connectivity index (χ2v) is 6.32. The largest absolute Gasteiger partial charge is 0.489 e. The Morgan fingerprint density at radius 2 is 1.96 bits per heavy atom. The molecule has 1 saturated heterocycles. The Morgan fingerprint density at radius 1 is 1.23 bits per heavy atom. The highest BCUT2D eigenvalue weighted by Gasteiger charge is 2.24. The first-order chi connectivity index (χ1) is 12.6. The van der Waals surface area contributed by atoms with Crippen molar-refractivity contribution in [2.75, 3.05) is 19.6 Å². The number of hydrogen-bond acceptors (Lipinski definition) is 4. The summed E-state index contributed by atoms with van der Waals surface area (Å²) in [6.45, 7) is 1.13. The van der Waals surface area contributed by atoms with E-state index in [9.17, 15) is 13.6 Å². The smallest absolute Gasteiger partial charge is 0.287 e. The fourth-order valence-electron chi connectivity index (χ4n) is 3.03. The highest BCUT2D eigenvalue weighted by Crippen LogP contribution is 2.17. The molecule has 26 heavy (non-hydrogen) atoms. The van der Waals surface area contributed by atoms with Gasteiger partial charge in [0.1, 0.15) is 12.4 Å². The molecule has 1 aromatic carbocycles. The third-order valence-electron chi connectivity index (χ3n) is 4.41. The second-order valence-electron chi connectivity index (χ2n) is 6.32. The average molecular weight is 364 g/mol. The van der Waals surface area contributed by atoms with Gasteiger partial charge < -0.3 is 14.5 Å². The summed E-state index contributed by atoms with van der Waals surface area (Å²) in [5, 5.41) is 2.93. The molecule has 0 aliphatic carbocycles. The Balaban J connectivity index is 1.50. The van der Waals surface area contributed by atoms with Gasteiger partial charge in [-0.25, -0.2) is 8.78 Å². The van der Waals surface area contributed by atoms with Crippen molar-refractivity contribution in [3.05, 3.63) is 54.0 Å². The third kappa shape index (κ3) is 5.05. The van der Waals surface area contributed by atoms with E-state index < -0.39 is 6.43 Å². The predicted octanol–water partition coefficient (Wildman–Crippen LogP) is 3.32. The summed E-state index contributed by atoms with van der Waals surface area (Å²) < 4.78 is 35.8. The Morgan fingerprint density at radius 3 is 2.65 bits per heavy atom. The Labute approximate surface area is 150 Å². The zero-order valence-electron chi connectivity index (χ0n) is 14.4. The van der Waals surface area contributed by atoms with E-state index in [0.29, 0.717) is 37.2 Å². The molecule has 1 N–H and O–H groups in total. The van der Waals surface area contributed by atoms with Gasteiger partial charge >= 0.3 is 0 Å². The maximum absolute atomic E-state index is 12.5. The molecule has 0 atom stereocenters. The molecule has 1 aliphatic heterocycles. The molecule has 2 heterocycles. The number of furan rings is 1. The third-order valence-corrected chi connectivity index (χ3v) is 4.41. The quantitative estimate of drug-likeness (QED) is 0.819. The molecule has 0 saturated carbocycles. The molecule has 0 bridgehead atoms. The van der Waals surface area contributed by atoms with Gasteiger partial charge in [0.2, 0.25) is 0 Å². The van der Waals surface area contributed by atoms with Crippen molar-refractivity contribution in [1.82, 2.24) is 10.2 Å². The number of hydrogen-bond donors (Lipinski definition) is 1. The number of alkyl halides is 2. The van der Waals surface area contributed by atoms with E-state index in [0.717, 1.165) is 0 Å². The molecule has 0 spiro atoms. The maximum atomic E-state index is 12.5. The Bertz CT molecular complexity index is 698. The van der Waals surface area contributed by atoms with Crippen LogP contribution in [0.5, 0.6) is 5.75 Å². The molecule has 0 radical (unpaired) electrons. The van der Waals surface area contributed by atoms with Gasteiger partial charge in [0.25, 0.3) is 12.3 Å². The van der Waals surface area contributed by atoms with E-state index in [1.807, 2.05) is 30.3 Å². The zero-order chi connectivity index (χ0) is 18.4. The lowest BCUT2D eigenvalue weighted by molar-refractivity contribution is 0.0689. The van der Waals surface area contributed by atoms with E-state index in [2.05, 4.69) is 5.32 Å². The van der Waals surface area contributed by atoms with Crippen molar-refractivity contribution in [1.29, 1.82) is 0 Å². The van der Waals surface area contributed by atoms with Gasteiger partial charge in [-0.15, -0.1) is 0 Å². The number of piperidine rings is 1. The molecule has 1 aromatic heterocycles. The number of rotatable bonds is 7. The standard InChI is InChI=1S/C19H22F2N2O3/c20-17(21)12-23-9-6-15(7-10-23)22-19(24)18-14(8-11-25-18)13-26-16-4-2-1-3-5-16/h1-5,8,11,15,17H,6-7,9-10,12-13H2,(H,22,24). The number of amides is 1. The number of benzene rings is 1. The molecule has 5 nitrogen and oxygen atoms in total. The summed E-state index contributed by atoms with van der Waals surface area (Å²) in [5.41, 5.74) is 0.668. The summed E-state index contributed by atoms with van der Waals surface area (Å²) >= 11 is 0. The van der Waals surface area contributed by atoms with Crippen molar-refractivity contribution >= 4 is 5.91 Å². The fourth-order valence-corrected chi connectivity index (χ4v) is 3.03. The molecular formula is C19H22F2N2O3. The summed E-state index contributed by atoms with van der Waals surface area (Å²) in [4.78, 5) is 14.2. The van der Waals surface area contributed by atoms with Gasteiger partial charge in [-0.05, 0) is 31.0 Å². The summed E-state index contributed by atoms with van der Waals surface area (Å²) in [5.74, 6) is 0.649. The minimum atomic E-state index is -2.32. The van der Waals surface area contributed by atoms with Crippen LogP contribution in [-0.2, 0) is 6.61 Å². The lowest BCUT2D eigenvalue weighted by Gasteiger charge is -2.31. The van der Waals surface area contributed by atoms with Crippen LogP contribution in [0.4, 0.5) is 8.78 Å². The van der Waals surface area contributed by atoms with Gasteiger partial charge in [-0.1, -0.05) is 18.2 Å². The van der Waals surface area contributed by atoms with E-state index in [-0.39, 0.29) is 30.9 Å². The van der Waals surface area contributed by atoms with Gasteiger partial charge in [-0.2, -0.15) is 0 Å². The monoisotopic (exact) mass is 364 g/mol. The Kier molecular flexibility index (Phi) is 6.22. The number of carbonyl (C=O) groups excluding carboxylic acids is 1. The number of nitrogens with one attached hydrogen (secondary N) is 1. The van der Waals surface area contributed by atoms with Crippen LogP contribution in [0.25, 0.3) is 0 Å². The van der Waals surface area contributed by atoms with Gasteiger partial charge in [0.15, 0.2) is 5.76 Å². The summed E-state index contributed by atoms with van der Waals surface area (Å²) in [6, 6.07) is 11.0. The number of para-hydroxylation sites is 1. The topological polar surface area (TPSA) is 54.7 Å². The highest BCUT2D eigenvalue weighted by molar-refractivity contribution is 5.93. The molecule has 1 aliphatic rings. The number of nitrogens with zero attached hydrogens (tertiary/aromatic N) is 1. The van der Waals surface area contributed by atoms with Gasteiger partial charge in [0, 0.05) is 24.7 Å². The van der Waals surface area contributed by atoms with Crippen LogP contribution in [0.1, 0.15) is 29.0 Å². The summed E-state index contributed by atoms with van der Waals surface area (Å²) in [7, 11) is 0. The number of likely N-dealkylation sites (tertiary alicyclic amines) is 1. The zero-order valence-corrected chi connectivity index (χ0v) is 14.4. The molecular weight excluding hydrogens is 342 g/mol. The SMILES string of the molecule is O=C(NC1CCN(CC(F)F)CC1)c1occc1COc1ccccc1. The van der Waals surface area contributed by atoms with E-state index in [1.54, 1.807) is 11.0 Å². The number of carbonyl (C=O) groups is 1. The predicted molar refractivity (Wildman–Crippen MR) is 92.4 cm³/mol. The van der Waals surface area contributed by atoms with Crippen molar-refractivity contribution in [2.45, 2.75) is 31.9 Å². The minimum absolute atomic E-state index is 0.0376. The first kappa shape index (κ1) is 18.4. The van der Waals surface area contributed by atoms with Crippen LogP contribution in [0.15, 0.2) is 47.1 Å². The summed E-state index contributed by atoms with van der Waals surface area (Å²) in [6.07, 6.45) is 0.435. The normalized spacial score (nSPS) is 16.0. The fraction of sp³-hybridized carbons (Fsp3) is 0.421. The van der Waals surface area contributed by atoms with Gasteiger partial charge in [-0.3, -0.25) is 9.69 Å². The highest BCUT2D eigenvalue weighted by atomic mass is 19.3. The molecule has 1 amide bonds. The minimum Gasteiger partial charge on any atom is -0.489 e. The van der Waals surface area contributed by atoms with Crippen LogP contribution in [0.3, 0.4) is 0 Å². The van der Waals surface area contributed by atoms with E-state index >= 15 is 0 Å². The van der Waals surface area contributed by atoms with E-state index in [4.69, 9.17) is 9.15 Å². The first-order valence-corrected chi connectivity index (χ1v) is 8.67. The van der Waals surface area contributed by atoms with Gasteiger partial charge in [0.05, 0.1) is 12.8 Å². The maximum Gasteiger partial charge on any atom is 0.287 e. The number of halogens is 2. The van der Waals surface area contributed by atoms with Crippen molar-refractivity contribution in [3.8, 4) is 5.75 Å². The molecule has 2 aromatic rings. The van der Waals surface area contributed by atoms with Crippen molar-refractivity contribution in [2.24, 2.45) is 0 Å². The van der Waals surface area contributed by atoms with Crippen LogP contribution < -0.4 is 10.1 Å². The van der Waals surface area contributed by atoms with Crippen molar-refractivity contribution < 1.29 is 22.7 Å². The van der Waals surface area contributed by atoms with E-state index in [1.165, 1.54) is 6.26 Å². The lowest BCUT2D eigenvalue weighted by atomic mass is 10.0. The molecule has 0 unspecified atom stereocenters. The molecule has 7 heteroatoms. The van der Waals surface area contributed by atoms with Crippen LogP contribution in [-0.4, -0.2) is 42.9 Å². The number of ether oxygens (including phenoxy) is 1. The van der Waals surface area contributed by atoms with Crippen LogP contribution in [0, 0.1) is 0 Å². The first-order valence-electron chi connectivity index (χ1n) is 8.67. The Hall–Kier alpha value is -2.41.